The Hall–Kier alpha value is -2.95. The number of carbonyl (C=O) groups is 1. The Kier molecular flexibility index (Phi) is 3.47. The number of aromatic nitrogens is 3. The van der Waals surface area contributed by atoms with E-state index in [9.17, 15) is 9.90 Å². The van der Waals surface area contributed by atoms with Gasteiger partial charge in [0.15, 0.2) is 0 Å². The molecule has 0 saturated heterocycles. The summed E-state index contributed by atoms with van der Waals surface area (Å²) < 4.78 is 1.74. The molecule has 0 aliphatic rings. The van der Waals surface area contributed by atoms with Crippen molar-refractivity contribution in [3.63, 3.8) is 0 Å². The normalized spacial score (nSPS) is 10.5. The van der Waals surface area contributed by atoms with Crippen molar-refractivity contribution in [2.24, 2.45) is 0 Å². The lowest BCUT2D eigenvalue weighted by Crippen LogP contribution is -2.01. The number of aromatic carboxylic acids is 1. The van der Waals surface area contributed by atoms with E-state index in [1.165, 1.54) is 6.33 Å². The lowest BCUT2D eigenvalue weighted by atomic mass is 9.99. The fourth-order valence-electron chi connectivity index (χ4n) is 2.21. The van der Waals surface area contributed by atoms with Gasteiger partial charge in [0.05, 0.1) is 12.1 Å². The molecule has 0 bridgehead atoms. The van der Waals surface area contributed by atoms with Crippen LogP contribution in [0.3, 0.4) is 0 Å². The van der Waals surface area contributed by atoms with Gasteiger partial charge in [-0.25, -0.2) is 14.5 Å². The van der Waals surface area contributed by atoms with Crippen molar-refractivity contribution in [1.82, 2.24) is 14.8 Å². The molecule has 0 radical (unpaired) electrons. The van der Waals surface area contributed by atoms with E-state index in [4.69, 9.17) is 0 Å². The average molecular weight is 279 g/mol. The first-order chi connectivity index (χ1) is 10.2. The SMILES string of the molecule is O=C(O)c1ccccc1-c1ccc(Cn2cncn2)cc1. The molecule has 104 valence electrons. The molecule has 0 aliphatic heterocycles. The van der Waals surface area contributed by atoms with Crippen molar-refractivity contribution in [2.45, 2.75) is 6.54 Å². The topological polar surface area (TPSA) is 68.0 Å². The fraction of sp³-hybridized carbons (Fsp3) is 0.0625. The number of benzene rings is 2. The minimum atomic E-state index is -0.919. The van der Waals surface area contributed by atoms with Gasteiger partial charge in [0.1, 0.15) is 12.7 Å². The van der Waals surface area contributed by atoms with E-state index in [0.717, 1.165) is 16.7 Å². The molecule has 0 spiro atoms. The second-order valence-electron chi connectivity index (χ2n) is 4.64. The molecule has 1 aromatic heterocycles. The minimum absolute atomic E-state index is 0.307. The molecule has 1 heterocycles. The number of rotatable bonds is 4. The standard InChI is InChI=1S/C16H13N3O2/c20-16(21)15-4-2-1-3-14(15)13-7-5-12(6-8-13)9-19-11-17-10-18-19/h1-8,10-11H,9H2,(H,20,21). The quantitative estimate of drug-likeness (QED) is 0.797. The molecule has 0 fully saturated rings. The Balaban J connectivity index is 1.89. The van der Waals surface area contributed by atoms with Crippen LogP contribution in [0.5, 0.6) is 0 Å². The predicted octanol–water partition coefficient (Wildman–Crippen LogP) is 2.69. The van der Waals surface area contributed by atoms with Gasteiger partial charge in [-0.15, -0.1) is 0 Å². The first kappa shape index (κ1) is 13.1. The van der Waals surface area contributed by atoms with Crippen molar-refractivity contribution in [3.8, 4) is 11.1 Å². The molecule has 1 N–H and O–H groups in total. The summed E-state index contributed by atoms with van der Waals surface area (Å²) >= 11 is 0. The molecule has 0 atom stereocenters. The highest BCUT2D eigenvalue weighted by Crippen LogP contribution is 2.24. The Morgan fingerprint density at radius 1 is 1.10 bits per heavy atom. The maximum Gasteiger partial charge on any atom is 0.336 e. The summed E-state index contributed by atoms with van der Waals surface area (Å²) in [6, 6.07) is 14.8. The Morgan fingerprint density at radius 3 is 2.52 bits per heavy atom. The van der Waals surface area contributed by atoms with Crippen LogP contribution < -0.4 is 0 Å². The van der Waals surface area contributed by atoms with Gasteiger partial charge in [0, 0.05) is 0 Å². The van der Waals surface area contributed by atoms with Crippen LogP contribution in [0.15, 0.2) is 61.2 Å². The summed E-state index contributed by atoms with van der Waals surface area (Å²) in [5.41, 5.74) is 2.99. The van der Waals surface area contributed by atoms with Gasteiger partial charge in [0.25, 0.3) is 0 Å². The highest BCUT2D eigenvalue weighted by Gasteiger charge is 2.10. The van der Waals surface area contributed by atoms with E-state index in [-0.39, 0.29) is 0 Å². The van der Waals surface area contributed by atoms with Crippen LogP contribution in [0.4, 0.5) is 0 Å². The van der Waals surface area contributed by atoms with Crippen molar-refractivity contribution in [3.05, 3.63) is 72.3 Å². The van der Waals surface area contributed by atoms with Gasteiger partial charge in [-0.1, -0.05) is 42.5 Å². The molecular formula is C16H13N3O2. The molecule has 21 heavy (non-hydrogen) atoms. The molecule has 0 saturated carbocycles. The number of nitrogens with zero attached hydrogens (tertiary/aromatic N) is 3. The number of carboxylic acid groups (broad SMARTS) is 1. The molecule has 3 aromatic rings. The largest absolute Gasteiger partial charge is 0.478 e. The van der Waals surface area contributed by atoms with E-state index in [0.29, 0.717) is 12.1 Å². The Labute approximate surface area is 121 Å². The predicted molar refractivity (Wildman–Crippen MR) is 78.0 cm³/mol. The van der Waals surface area contributed by atoms with Gasteiger partial charge in [-0.3, -0.25) is 0 Å². The van der Waals surface area contributed by atoms with Crippen LogP contribution in [0, 0.1) is 0 Å². The van der Waals surface area contributed by atoms with Crippen molar-refractivity contribution in [1.29, 1.82) is 0 Å². The maximum atomic E-state index is 11.3. The summed E-state index contributed by atoms with van der Waals surface area (Å²) in [5, 5.41) is 13.3. The third-order valence-corrected chi connectivity index (χ3v) is 3.23. The zero-order chi connectivity index (χ0) is 14.7. The molecule has 5 nitrogen and oxygen atoms in total. The summed E-state index contributed by atoms with van der Waals surface area (Å²) in [4.78, 5) is 15.2. The van der Waals surface area contributed by atoms with Gasteiger partial charge >= 0.3 is 5.97 Å². The molecule has 0 unspecified atom stereocenters. The highest BCUT2D eigenvalue weighted by molar-refractivity contribution is 5.95. The fourth-order valence-corrected chi connectivity index (χ4v) is 2.21. The van der Waals surface area contributed by atoms with Crippen LogP contribution in [0.1, 0.15) is 15.9 Å². The molecule has 2 aromatic carbocycles. The molecule has 0 amide bonds. The molecular weight excluding hydrogens is 266 g/mol. The lowest BCUT2D eigenvalue weighted by Gasteiger charge is -2.07. The molecule has 5 heteroatoms. The zero-order valence-corrected chi connectivity index (χ0v) is 11.2. The smallest absolute Gasteiger partial charge is 0.336 e. The Bertz CT molecular complexity index is 749. The summed E-state index contributed by atoms with van der Waals surface area (Å²) in [5.74, 6) is -0.919. The number of carboxylic acids is 1. The maximum absolute atomic E-state index is 11.3. The van der Waals surface area contributed by atoms with Crippen LogP contribution in [-0.2, 0) is 6.54 Å². The van der Waals surface area contributed by atoms with Crippen LogP contribution in [-0.4, -0.2) is 25.8 Å². The average Bonchev–Trinajstić information content (AvgIpc) is 3.01. The third kappa shape index (κ3) is 2.81. The minimum Gasteiger partial charge on any atom is -0.478 e. The first-order valence-corrected chi connectivity index (χ1v) is 6.48. The van der Waals surface area contributed by atoms with Gasteiger partial charge in [0.2, 0.25) is 0 Å². The molecule has 3 rings (SSSR count). The number of hydrogen-bond acceptors (Lipinski definition) is 3. The summed E-state index contributed by atoms with van der Waals surface area (Å²) in [6.07, 6.45) is 3.16. The van der Waals surface area contributed by atoms with E-state index in [1.807, 2.05) is 36.4 Å². The van der Waals surface area contributed by atoms with E-state index >= 15 is 0 Å². The van der Waals surface area contributed by atoms with Crippen LogP contribution in [0.2, 0.25) is 0 Å². The lowest BCUT2D eigenvalue weighted by molar-refractivity contribution is 0.0697. The van der Waals surface area contributed by atoms with Crippen molar-refractivity contribution >= 4 is 5.97 Å². The highest BCUT2D eigenvalue weighted by atomic mass is 16.4. The van der Waals surface area contributed by atoms with E-state index < -0.39 is 5.97 Å². The first-order valence-electron chi connectivity index (χ1n) is 6.48. The number of hydrogen-bond donors (Lipinski definition) is 1. The molecule has 0 aliphatic carbocycles. The zero-order valence-electron chi connectivity index (χ0n) is 11.2. The summed E-state index contributed by atoms with van der Waals surface area (Å²) in [6.45, 7) is 0.640. The van der Waals surface area contributed by atoms with Gasteiger partial charge in [-0.2, -0.15) is 5.10 Å². The van der Waals surface area contributed by atoms with Crippen molar-refractivity contribution in [2.75, 3.05) is 0 Å². The Morgan fingerprint density at radius 2 is 1.86 bits per heavy atom. The van der Waals surface area contributed by atoms with Gasteiger partial charge < -0.3 is 5.11 Å². The van der Waals surface area contributed by atoms with Crippen molar-refractivity contribution < 1.29 is 9.90 Å². The van der Waals surface area contributed by atoms with E-state index in [1.54, 1.807) is 23.1 Å². The van der Waals surface area contributed by atoms with Crippen LogP contribution in [0.25, 0.3) is 11.1 Å². The van der Waals surface area contributed by atoms with Gasteiger partial charge in [-0.05, 0) is 22.8 Å². The van der Waals surface area contributed by atoms with E-state index in [2.05, 4.69) is 10.1 Å². The second kappa shape index (κ2) is 5.58. The summed E-state index contributed by atoms with van der Waals surface area (Å²) in [7, 11) is 0. The second-order valence-corrected chi connectivity index (χ2v) is 4.64. The third-order valence-electron chi connectivity index (χ3n) is 3.23. The van der Waals surface area contributed by atoms with Crippen LogP contribution >= 0.6 is 0 Å². The monoisotopic (exact) mass is 279 g/mol.